The van der Waals surface area contributed by atoms with Crippen molar-refractivity contribution < 1.29 is 4.92 Å². The number of nitro groups is 1. The highest BCUT2D eigenvalue weighted by atomic mass is 16.6. The maximum Gasteiger partial charge on any atom is 0.271 e. The predicted molar refractivity (Wildman–Crippen MR) is 81.7 cm³/mol. The Bertz CT molecular complexity index is 676. The number of non-ortho nitro benzene ring substituents is 1. The lowest BCUT2D eigenvalue weighted by Crippen LogP contribution is -2.14. The lowest BCUT2D eigenvalue weighted by Gasteiger charge is -2.23. The normalized spacial score (nSPS) is 15.9. The van der Waals surface area contributed by atoms with Gasteiger partial charge < -0.3 is 5.73 Å². The second kappa shape index (κ2) is 6.23. The number of rotatable bonds is 4. The first-order valence-electron chi connectivity index (χ1n) is 7.60. The van der Waals surface area contributed by atoms with Crippen LogP contribution in [0, 0.1) is 10.1 Å². The van der Waals surface area contributed by atoms with E-state index in [1.165, 1.54) is 31.4 Å². The van der Waals surface area contributed by atoms with Gasteiger partial charge in [0.15, 0.2) is 0 Å². The summed E-state index contributed by atoms with van der Waals surface area (Å²) in [5.41, 5.74) is 8.33. The Morgan fingerprint density at radius 2 is 2.09 bits per heavy atom. The molecule has 1 aliphatic rings. The van der Waals surface area contributed by atoms with Gasteiger partial charge in [-0.1, -0.05) is 30.5 Å². The molecule has 2 N–H and O–H groups in total. The summed E-state index contributed by atoms with van der Waals surface area (Å²) in [6.45, 7) is 0.334. The van der Waals surface area contributed by atoms with Gasteiger partial charge in [-0.2, -0.15) is 0 Å². The zero-order chi connectivity index (χ0) is 15.5. The van der Waals surface area contributed by atoms with Crippen LogP contribution in [0.1, 0.15) is 49.4 Å². The molecule has 0 spiro atoms. The van der Waals surface area contributed by atoms with Crippen molar-refractivity contribution in [2.24, 2.45) is 5.73 Å². The number of nitro benzene ring substituents is 1. The Balaban J connectivity index is 2.05. The Kier molecular flexibility index (Phi) is 4.15. The lowest BCUT2D eigenvalue weighted by atomic mass is 9.86. The number of hydrogen-bond donors (Lipinski definition) is 1. The van der Waals surface area contributed by atoms with Crippen molar-refractivity contribution in [3.8, 4) is 5.69 Å². The summed E-state index contributed by atoms with van der Waals surface area (Å²) < 4.78 is 1.73. The van der Waals surface area contributed by atoms with Crippen LogP contribution in [0.25, 0.3) is 5.69 Å². The molecular weight excluding hydrogens is 282 g/mol. The highest BCUT2D eigenvalue weighted by Crippen LogP contribution is 2.35. The van der Waals surface area contributed by atoms with E-state index in [9.17, 15) is 10.1 Å². The Labute approximate surface area is 128 Å². The van der Waals surface area contributed by atoms with E-state index in [0.717, 1.165) is 24.2 Å². The maximum atomic E-state index is 11.0. The van der Waals surface area contributed by atoms with Gasteiger partial charge in [0.25, 0.3) is 5.69 Å². The number of hydrogen-bond acceptors (Lipinski definition) is 5. The second-order valence-corrected chi connectivity index (χ2v) is 5.65. The zero-order valence-electron chi connectivity index (χ0n) is 12.3. The fourth-order valence-electron chi connectivity index (χ4n) is 3.18. The van der Waals surface area contributed by atoms with Gasteiger partial charge in [0.05, 0.1) is 16.3 Å². The van der Waals surface area contributed by atoms with Crippen molar-refractivity contribution in [2.45, 2.75) is 44.6 Å². The van der Waals surface area contributed by atoms with Gasteiger partial charge in [0.2, 0.25) is 0 Å². The van der Waals surface area contributed by atoms with E-state index in [1.54, 1.807) is 10.7 Å². The second-order valence-electron chi connectivity index (χ2n) is 5.65. The molecule has 2 aromatic rings. The number of benzene rings is 1. The van der Waals surface area contributed by atoms with Crippen LogP contribution in [0.4, 0.5) is 5.69 Å². The number of nitrogens with zero attached hydrogens (tertiary/aromatic N) is 4. The molecule has 1 aromatic carbocycles. The van der Waals surface area contributed by atoms with Crippen molar-refractivity contribution >= 4 is 5.69 Å². The highest BCUT2D eigenvalue weighted by Gasteiger charge is 2.25. The van der Waals surface area contributed by atoms with Crippen molar-refractivity contribution in [3.05, 3.63) is 45.8 Å². The number of nitrogens with two attached hydrogens (primary N) is 1. The summed E-state index contributed by atoms with van der Waals surface area (Å²) in [5.74, 6) is 0.376. The van der Waals surface area contributed by atoms with Gasteiger partial charge in [0.1, 0.15) is 5.69 Å². The minimum Gasteiger partial charge on any atom is -0.325 e. The third-order valence-electron chi connectivity index (χ3n) is 4.25. The van der Waals surface area contributed by atoms with Gasteiger partial charge in [-0.25, -0.2) is 4.68 Å². The SMILES string of the molecule is NCc1nnn(-c2cccc([N+](=O)[O-])c2)c1C1CCCCC1. The topological polar surface area (TPSA) is 99.9 Å². The third kappa shape index (κ3) is 2.71. The molecule has 0 bridgehead atoms. The van der Waals surface area contributed by atoms with Crippen molar-refractivity contribution in [1.82, 2.24) is 15.0 Å². The molecule has 1 saturated carbocycles. The molecule has 0 radical (unpaired) electrons. The largest absolute Gasteiger partial charge is 0.325 e. The molecule has 1 aromatic heterocycles. The third-order valence-corrected chi connectivity index (χ3v) is 4.25. The van der Waals surface area contributed by atoms with Crippen LogP contribution in [0.15, 0.2) is 24.3 Å². The van der Waals surface area contributed by atoms with E-state index < -0.39 is 4.92 Å². The molecule has 116 valence electrons. The average molecular weight is 301 g/mol. The van der Waals surface area contributed by atoms with Crippen LogP contribution < -0.4 is 5.73 Å². The molecule has 7 nitrogen and oxygen atoms in total. The molecule has 0 amide bonds. The van der Waals surface area contributed by atoms with E-state index in [1.807, 2.05) is 6.07 Å². The van der Waals surface area contributed by atoms with Crippen molar-refractivity contribution in [2.75, 3.05) is 0 Å². The quantitative estimate of drug-likeness (QED) is 0.691. The first-order chi connectivity index (χ1) is 10.7. The predicted octanol–water partition coefficient (Wildman–Crippen LogP) is 2.68. The first-order valence-corrected chi connectivity index (χ1v) is 7.60. The molecule has 0 aliphatic heterocycles. The Hall–Kier alpha value is -2.28. The van der Waals surface area contributed by atoms with E-state index in [4.69, 9.17) is 5.73 Å². The fraction of sp³-hybridized carbons (Fsp3) is 0.467. The van der Waals surface area contributed by atoms with Gasteiger partial charge in [-0.3, -0.25) is 10.1 Å². The maximum absolute atomic E-state index is 11.0. The zero-order valence-corrected chi connectivity index (χ0v) is 12.3. The van der Waals surface area contributed by atoms with Crippen LogP contribution in [0.3, 0.4) is 0 Å². The smallest absolute Gasteiger partial charge is 0.271 e. The van der Waals surface area contributed by atoms with E-state index in [2.05, 4.69) is 10.3 Å². The molecule has 7 heteroatoms. The van der Waals surface area contributed by atoms with Gasteiger partial charge in [0, 0.05) is 24.6 Å². The average Bonchev–Trinajstić information content (AvgIpc) is 2.99. The minimum atomic E-state index is -0.398. The first kappa shape index (κ1) is 14.6. The van der Waals surface area contributed by atoms with E-state index in [-0.39, 0.29) is 5.69 Å². The monoisotopic (exact) mass is 301 g/mol. The Morgan fingerprint density at radius 3 is 2.77 bits per heavy atom. The molecule has 1 aliphatic carbocycles. The van der Waals surface area contributed by atoms with Gasteiger partial charge in [-0.05, 0) is 18.9 Å². The number of aromatic nitrogens is 3. The van der Waals surface area contributed by atoms with Crippen molar-refractivity contribution in [3.63, 3.8) is 0 Å². The summed E-state index contributed by atoms with van der Waals surface area (Å²) in [6.07, 6.45) is 5.82. The van der Waals surface area contributed by atoms with Crippen LogP contribution in [0.5, 0.6) is 0 Å². The Morgan fingerprint density at radius 1 is 1.32 bits per heavy atom. The van der Waals surface area contributed by atoms with E-state index >= 15 is 0 Å². The van der Waals surface area contributed by atoms with Crippen molar-refractivity contribution in [1.29, 1.82) is 0 Å². The van der Waals surface area contributed by atoms with E-state index in [0.29, 0.717) is 18.2 Å². The standard InChI is InChI=1S/C15H19N5O2/c16-10-14-15(11-5-2-1-3-6-11)19(18-17-14)12-7-4-8-13(9-12)20(21)22/h4,7-9,11H,1-3,5-6,10,16H2. The highest BCUT2D eigenvalue weighted by molar-refractivity contribution is 5.44. The molecule has 22 heavy (non-hydrogen) atoms. The van der Waals surface area contributed by atoms with Crippen LogP contribution >= 0.6 is 0 Å². The van der Waals surface area contributed by atoms with Crippen LogP contribution in [0.2, 0.25) is 0 Å². The summed E-state index contributed by atoms with van der Waals surface area (Å²) in [7, 11) is 0. The summed E-state index contributed by atoms with van der Waals surface area (Å²) >= 11 is 0. The summed E-state index contributed by atoms with van der Waals surface area (Å²) in [6, 6.07) is 6.49. The summed E-state index contributed by atoms with van der Waals surface area (Å²) in [4.78, 5) is 10.6. The molecule has 0 unspecified atom stereocenters. The molecule has 0 saturated heterocycles. The van der Waals surface area contributed by atoms with Crippen LogP contribution in [-0.2, 0) is 6.54 Å². The fourth-order valence-corrected chi connectivity index (χ4v) is 3.18. The molecular formula is C15H19N5O2. The minimum absolute atomic E-state index is 0.0527. The van der Waals surface area contributed by atoms with Gasteiger partial charge in [-0.15, -0.1) is 5.10 Å². The lowest BCUT2D eigenvalue weighted by molar-refractivity contribution is -0.384. The van der Waals surface area contributed by atoms with Gasteiger partial charge >= 0.3 is 0 Å². The molecule has 3 rings (SSSR count). The molecule has 1 heterocycles. The summed E-state index contributed by atoms with van der Waals surface area (Å²) in [5, 5.41) is 19.3. The molecule has 1 fully saturated rings. The molecule has 0 atom stereocenters. The van der Waals surface area contributed by atoms with Crippen LogP contribution in [-0.4, -0.2) is 19.9 Å².